The Morgan fingerprint density at radius 2 is 2.38 bits per heavy atom. The van der Waals surface area contributed by atoms with E-state index in [1.54, 1.807) is 6.20 Å². The molecule has 0 amide bonds. The van der Waals surface area contributed by atoms with Crippen LogP contribution in [0.3, 0.4) is 0 Å². The number of rotatable bonds is 4. The third-order valence-electron chi connectivity index (χ3n) is 1.74. The number of carbonyl (C=O) groups is 1. The Kier molecular flexibility index (Phi) is 3.89. The monoisotopic (exact) mass is 175 g/mol. The normalized spacial score (nSPS) is 10.5. The van der Waals surface area contributed by atoms with Crippen LogP contribution in [0.25, 0.3) is 6.08 Å². The highest BCUT2D eigenvalue weighted by Gasteiger charge is 1.95. The van der Waals surface area contributed by atoms with Gasteiger partial charge in [0.2, 0.25) is 0 Å². The van der Waals surface area contributed by atoms with Crippen molar-refractivity contribution in [2.24, 2.45) is 0 Å². The van der Waals surface area contributed by atoms with Gasteiger partial charge in [0.25, 0.3) is 0 Å². The molecule has 0 atom stereocenters. The van der Waals surface area contributed by atoms with Crippen molar-refractivity contribution in [3.05, 3.63) is 35.7 Å². The lowest BCUT2D eigenvalue weighted by Gasteiger charge is -1.95. The Morgan fingerprint density at radius 1 is 1.54 bits per heavy atom. The van der Waals surface area contributed by atoms with E-state index in [0.717, 1.165) is 24.7 Å². The molecule has 0 aromatic carbocycles. The first kappa shape index (κ1) is 9.65. The van der Waals surface area contributed by atoms with Crippen LogP contribution in [-0.2, 0) is 0 Å². The summed E-state index contributed by atoms with van der Waals surface area (Å²) in [5.41, 5.74) is 1.40. The molecule has 13 heavy (non-hydrogen) atoms. The fraction of sp³-hybridized carbons (Fsp3) is 0.273. The van der Waals surface area contributed by atoms with Gasteiger partial charge in [0, 0.05) is 11.8 Å². The highest BCUT2D eigenvalue weighted by atomic mass is 16.1. The maximum Gasteiger partial charge on any atom is 0.169 e. The van der Waals surface area contributed by atoms with Gasteiger partial charge in [0.05, 0.1) is 0 Å². The fourth-order valence-corrected chi connectivity index (χ4v) is 1.05. The average Bonchev–Trinajstić information content (AvgIpc) is 2.19. The number of aldehydes is 1. The lowest BCUT2D eigenvalue weighted by atomic mass is 10.1. The predicted octanol–water partition coefficient (Wildman–Crippen LogP) is 2.71. The molecular formula is C11H13NO. The summed E-state index contributed by atoms with van der Waals surface area (Å²) in [6.45, 7) is 2.12. The Bertz CT molecular complexity index is 305. The maximum atomic E-state index is 10.6. The molecule has 2 nitrogen and oxygen atoms in total. The Hall–Kier alpha value is -1.44. The molecule has 68 valence electrons. The molecule has 0 bridgehead atoms. The van der Waals surface area contributed by atoms with Crippen LogP contribution in [0.15, 0.2) is 24.4 Å². The molecule has 0 saturated heterocycles. The zero-order valence-corrected chi connectivity index (χ0v) is 7.73. The van der Waals surface area contributed by atoms with Gasteiger partial charge < -0.3 is 0 Å². The molecular weight excluding hydrogens is 162 g/mol. The van der Waals surface area contributed by atoms with E-state index in [9.17, 15) is 4.79 Å². The molecule has 0 saturated carbocycles. The van der Waals surface area contributed by atoms with E-state index in [0.29, 0.717) is 5.69 Å². The maximum absolute atomic E-state index is 10.6. The van der Waals surface area contributed by atoms with Crippen LogP contribution in [0.4, 0.5) is 0 Å². The highest BCUT2D eigenvalue weighted by Crippen LogP contribution is 2.06. The molecule has 0 aliphatic carbocycles. The van der Waals surface area contributed by atoms with Gasteiger partial charge in [-0.05, 0) is 12.5 Å². The van der Waals surface area contributed by atoms with Crippen molar-refractivity contribution in [2.75, 3.05) is 0 Å². The topological polar surface area (TPSA) is 30.0 Å². The van der Waals surface area contributed by atoms with Crippen molar-refractivity contribution in [3.8, 4) is 0 Å². The van der Waals surface area contributed by atoms with Crippen molar-refractivity contribution >= 4 is 12.4 Å². The smallest absolute Gasteiger partial charge is 0.169 e. The van der Waals surface area contributed by atoms with Gasteiger partial charge in [-0.1, -0.05) is 31.6 Å². The van der Waals surface area contributed by atoms with Crippen molar-refractivity contribution < 1.29 is 4.79 Å². The lowest BCUT2D eigenvalue weighted by Crippen LogP contribution is -1.89. The van der Waals surface area contributed by atoms with E-state index in [1.165, 1.54) is 0 Å². The zero-order chi connectivity index (χ0) is 9.52. The van der Waals surface area contributed by atoms with E-state index in [-0.39, 0.29) is 0 Å². The number of hydrogen-bond acceptors (Lipinski definition) is 2. The number of pyridine rings is 1. The van der Waals surface area contributed by atoms with Crippen LogP contribution in [0.2, 0.25) is 0 Å². The molecule has 0 radical (unpaired) electrons. The number of carbonyl (C=O) groups excluding carboxylic acids is 1. The number of aromatic nitrogens is 1. The summed E-state index contributed by atoms with van der Waals surface area (Å²) < 4.78 is 0. The predicted molar refractivity (Wildman–Crippen MR) is 53.6 cm³/mol. The molecule has 1 aromatic rings. The molecule has 0 fully saturated rings. The van der Waals surface area contributed by atoms with Gasteiger partial charge in [0.15, 0.2) is 6.29 Å². The van der Waals surface area contributed by atoms with Gasteiger partial charge in [-0.25, -0.2) is 0 Å². The van der Waals surface area contributed by atoms with Gasteiger partial charge >= 0.3 is 0 Å². The molecule has 0 unspecified atom stereocenters. The second kappa shape index (κ2) is 5.25. The molecule has 0 aliphatic heterocycles. The molecule has 2 heteroatoms. The minimum atomic E-state index is 0.509. The van der Waals surface area contributed by atoms with Crippen LogP contribution in [0, 0.1) is 0 Å². The van der Waals surface area contributed by atoms with Gasteiger partial charge in [0.1, 0.15) is 5.69 Å². The standard InChI is InChI=1S/C11H13NO/c1-2-3-4-6-10-7-5-8-12-11(10)9-13/h4-9H,2-3H2,1H3/b6-4+. The summed E-state index contributed by atoms with van der Waals surface area (Å²) >= 11 is 0. The highest BCUT2D eigenvalue weighted by molar-refractivity contribution is 5.78. The van der Waals surface area contributed by atoms with Crippen LogP contribution >= 0.6 is 0 Å². The van der Waals surface area contributed by atoms with Crippen LogP contribution in [-0.4, -0.2) is 11.3 Å². The Balaban J connectivity index is 2.80. The molecule has 0 aliphatic rings. The second-order valence-electron chi connectivity index (χ2n) is 2.79. The van der Waals surface area contributed by atoms with Crippen molar-refractivity contribution in [1.82, 2.24) is 4.98 Å². The van der Waals surface area contributed by atoms with E-state index >= 15 is 0 Å². The third kappa shape index (κ3) is 2.82. The quantitative estimate of drug-likeness (QED) is 0.658. The van der Waals surface area contributed by atoms with Gasteiger partial charge in [-0.2, -0.15) is 0 Å². The molecule has 0 spiro atoms. The lowest BCUT2D eigenvalue weighted by molar-refractivity contribution is 0.111. The number of nitrogens with zero attached hydrogens (tertiary/aromatic N) is 1. The summed E-state index contributed by atoms with van der Waals surface area (Å²) in [6, 6.07) is 3.72. The summed E-state index contributed by atoms with van der Waals surface area (Å²) in [4.78, 5) is 14.5. The first-order chi connectivity index (χ1) is 6.38. The molecule has 1 heterocycles. The van der Waals surface area contributed by atoms with Crippen LogP contribution < -0.4 is 0 Å². The Morgan fingerprint density at radius 3 is 3.08 bits per heavy atom. The SMILES string of the molecule is CCC/C=C/c1cccnc1C=O. The third-order valence-corrected chi connectivity index (χ3v) is 1.74. The number of unbranched alkanes of at least 4 members (excludes halogenated alkanes) is 1. The fourth-order valence-electron chi connectivity index (χ4n) is 1.05. The average molecular weight is 175 g/mol. The van der Waals surface area contributed by atoms with E-state index in [1.807, 2.05) is 18.2 Å². The largest absolute Gasteiger partial charge is 0.296 e. The van der Waals surface area contributed by atoms with Crippen molar-refractivity contribution in [1.29, 1.82) is 0 Å². The van der Waals surface area contributed by atoms with Crippen molar-refractivity contribution in [3.63, 3.8) is 0 Å². The number of allylic oxidation sites excluding steroid dienone is 1. The molecule has 0 N–H and O–H groups in total. The van der Waals surface area contributed by atoms with Gasteiger partial charge in [-0.15, -0.1) is 0 Å². The van der Waals surface area contributed by atoms with E-state index in [2.05, 4.69) is 18.0 Å². The van der Waals surface area contributed by atoms with Crippen LogP contribution in [0.5, 0.6) is 0 Å². The first-order valence-electron chi connectivity index (χ1n) is 4.45. The minimum Gasteiger partial charge on any atom is -0.296 e. The van der Waals surface area contributed by atoms with Crippen molar-refractivity contribution in [2.45, 2.75) is 19.8 Å². The summed E-state index contributed by atoms with van der Waals surface area (Å²) in [7, 11) is 0. The molecule has 1 rings (SSSR count). The summed E-state index contributed by atoms with van der Waals surface area (Å²) in [6.07, 6.45) is 8.57. The van der Waals surface area contributed by atoms with Gasteiger partial charge in [-0.3, -0.25) is 9.78 Å². The summed E-state index contributed by atoms with van der Waals surface area (Å²) in [5, 5.41) is 0. The summed E-state index contributed by atoms with van der Waals surface area (Å²) in [5.74, 6) is 0. The number of hydrogen-bond donors (Lipinski definition) is 0. The molecule has 1 aromatic heterocycles. The second-order valence-corrected chi connectivity index (χ2v) is 2.79. The first-order valence-corrected chi connectivity index (χ1v) is 4.45. The van der Waals surface area contributed by atoms with Crippen LogP contribution in [0.1, 0.15) is 35.8 Å². The van der Waals surface area contributed by atoms with E-state index < -0.39 is 0 Å². The zero-order valence-electron chi connectivity index (χ0n) is 7.73. The minimum absolute atomic E-state index is 0.509. The van der Waals surface area contributed by atoms with E-state index in [4.69, 9.17) is 0 Å². The Labute approximate surface area is 78.3 Å².